The molecular weight excluding hydrogens is 364 g/mol. The summed E-state index contributed by atoms with van der Waals surface area (Å²) in [5, 5.41) is 2.33. The summed E-state index contributed by atoms with van der Waals surface area (Å²) in [6.07, 6.45) is 0.620. The molecular formula is C20H18N2O4S. The molecule has 2 aliphatic heterocycles. The predicted octanol–water partition coefficient (Wildman–Crippen LogP) is 2.61. The van der Waals surface area contributed by atoms with Gasteiger partial charge in [0.25, 0.3) is 5.91 Å². The van der Waals surface area contributed by atoms with Crippen LogP contribution >= 0.6 is 11.8 Å². The number of methoxy groups -OCH3 is 1. The van der Waals surface area contributed by atoms with Crippen LogP contribution in [0.4, 0.5) is 0 Å². The predicted molar refractivity (Wildman–Crippen MR) is 99.6 cm³/mol. The molecule has 0 spiro atoms. The van der Waals surface area contributed by atoms with E-state index in [0.717, 1.165) is 21.1 Å². The second kappa shape index (κ2) is 7.08. The van der Waals surface area contributed by atoms with Crippen molar-refractivity contribution in [3.63, 3.8) is 0 Å². The van der Waals surface area contributed by atoms with Crippen molar-refractivity contribution in [3.05, 3.63) is 53.6 Å². The molecule has 3 amide bonds. The molecule has 138 valence electrons. The molecule has 2 heterocycles. The van der Waals surface area contributed by atoms with Crippen molar-refractivity contribution in [2.24, 2.45) is 0 Å². The van der Waals surface area contributed by atoms with Gasteiger partial charge in [-0.1, -0.05) is 17.8 Å². The third-order valence-electron chi connectivity index (χ3n) is 4.83. The summed E-state index contributed by atoms with van der Waals surface area (Å²) in [6, 6.07) is 12.8. The Morgan fingerprint density at radius 2 is 1.89 bits per heavy atom. The fourth-order valence-corrected chi connectivity index (χ4v) is 4.39. The van der Waals surface area contributed by atoms with Crippen molar-refractivity contribution in [1.82, 2.24) is 10.2 Å². The van der Waals surface area contributed by atoms with E-state index in [-0.39, 0.29) is 18.2 Å². The van der Waals surface area contributed by atoms with E-state index in [4.69, 9.17) is 4.74 Å². The van der Waals surface area contributed by atoms with Gasteiger partial charge in [-0.05, 0) is 48.4 Å². The third kappa shape index (κ3) is 3.30. The number of benzene rings is 2. The molecule has 1 saturated heterocycles. The Morgan fingerprint density at radius 3 is 2.59 bits per heavy atom. The first-order valence-electron chi connectivity index (χ1n) is 8.65. The van der Waals surface area contributed by atoms with E-state index in [1.165, 1.54) is 0 Å². The summed E-state index contributed by atoms with van der Waals surface area (Å²) in [5.41, 5.74) is 1.55. The molecule has 2 aromatic carbocycles. The standard InChI is InChI=1S/C20H18N2O4S/c1-26-12-5-7-13(8-6-12)27-17-4-2-3-14-15(17)11-22(20(14)25)16-9-10-18(23)21-19(16)24/h2-8,16H,9-11H2,1H3,(H,21,23,24). The number of rotatable bonds is 4. The Balaban J connectivity index is 1.58. The molecule has 6 nitrogen and oxygen atoms in total. The van der Waals surface area contributed by atoms with Crippen LogP contribution in [0, 0.1) is 0 Å². The Bertz CT molecular complexity index is 926. The number of amides is 3. The third-order valence-corrected chi connectivity index (χ3v) is 5.94. The average molecular weight is 382 g/mol. The number of carbonyl (C=O) groups excluding carboxylic acids is 3. The number of hydrogen-bond donors (Lipinski definition) is 1. The fourth-order valence-electron chi connectivity index (χ4n) is 3.42. The van der Waals surface area contributed by atoms with Crippen molar-refractivity contribution >= 4 is 29.5 Å². The minimum absolute atomic E-state index is 0.156. The van der Waals surface area contributed by atoms with Crippen LogP contribution in [-0.2, 0) is 16.1 Å². The molecule has 1 atom stereocenters. The minimum atomic E-state index is -0.596. The Kier molecular flexibility index (Phi) is 4.61. The first-order chi connectivity index (χ1) is 13.1. The van der Waals surface area contributed by atoms with Gasteiger partial charge in [0.15, 0.2) is 0 Å². The van der Waals surface area contributed by atoms with Crippen LogP contribution < -0.4 is 10.1 Å². The Labute approximate surface area is 160 Å². The smallest absolute Gasteiger partial charge is 0.255 e. The lowest BCUT2D eigenvalue weighted by atomic mass is 10.0. The van der Waals surface area contributed by atoms with Crippen molar-refractivity contribution < 1.29 is 19.1 Å². The van der Waals surface area contributed by atoms with Gasteiger partial charge >= 0.3 is 0 Å². The maximum atomic E-state index is 12.8. The zero-order chi connectivity index (χ0) is 19.0. The molecule has 0 bridgehead atoms. The monoisotopic (exact) mass is 382 g/mol. The van der Waals surface area contributed by atoms with Crippen molar-refractivity contribution in [1.29, 1.82) is 0 Å². The van der Waals surface area contributed by atoms with E-state index in [1.807, 2.05) is 36.4 Å². The highest BCUT2D eigenvalue weighted by Crippen LogP contribution is 2.37. The van der Waals surface area contributed by atoms with Crippen molar-refractivity contribution in [2.45, 2.75) is 35.2 Å². The maximum absolute atomic E-state index is 12.8. The van der Waals surface area contributed by atoms with Crippen LogP contribution in [0.5, 0.6) is 5.75 Å². The van der Waals surface area contributed by atoms with E-state index < -0.39 is 11.9 Å². The summed E-state index contributed by atoms with van der Waals surface area (Å²) in [5.74, 6) is -0.0403. The number of piperidine rings is 1. The number of ether oxygens (including phenoxy) is 1. The van der Waals surface area contributed by atoms with Crippen LogP contribution in [0.3, 0.4) is 0 Å². The van der Waals surface area contributed by atoms with Crippen molar-refractivity contribution in [2.75, 3.05) is 7.11 Å². The SMILES string of the molecule is COc1ccc(Sc2cccc3c2CN(C2CCC(=O)NC2=O)C3=O)cc1. The molecule has 0 radical (unpaired) electrons. The molecule has 1 fully saturated rings. The highest BCUT2D eigenvalue weighted by molar-refractivity contribution is 7.99. The van der Waals surface area contributed by atoms with Gasteiger partial charge in [-0.15, -0.1) is 0 Å². The molecule has 0 aliphatic carbocycles. The van der Waals surface area contributed by atoms with Gasteiger partial charge in [-0.25, -0.2) is 0 Å². The second-order valence-electron chi connectivity index (χ2n) is 6.46. The van der Waals surface area contributed by atoms with Crippen LogP contribution in [0.1, 0.15) is 28.8 Å². The first kappa shape index (κ1) is 17.6. The molecule has 4 rings (SSSR count). The van der Waals surface area contributed by atoms with Crippen molar-refractivity contribution in [3.8, 4) is 5.75 Å². The van der Waals surface area contributed by atoms with E-state index in [0.29, 0.717) is 18.5 Å². The fraction of sp³-hybridized carbons (Fsp3) is 0.250. The molecule has 1 unspecified atom stereocenters. The van der Waals surface area contributed by atoms with Crippen LogP contribution in [-0.4, -0.2) is 35.8 Å². The first-order valence-corrected chi connectivity index (χ1v) is 9.47. The molecule has 1 N–H and O–H groups in total. The number of nitrogens with one attached hydrogen (secondary N) is 1. The van der Waals surface area contributed by atoms with Crippen LogP contribution in [0.15, 0.2) is 52.3 Å². The molecule has 0 saturated carbocycles. The molecule has 2 aliphatic rings. The number of imide groups is 1. The zero-order valence-corrected chi connectivity index (χ0v) is 15.5. The highest BCUT2D eigenvalue weighted by Gasteiger charge is 2.39. The lowest BCUT2D eigenvalue weighted by Gasteiger charge is -2.29. The molecule has 7 heteroatoms. The van der Waals surface area contributed by atoms with Crippen LogP contribution in [0.2, 0.25) is 0 Å². The van der Waals surface area contributed by atoms with Gasteiger partial charge in [0.05, 0.1) is 7.11 Å². The van der Waals surface area contributed by atoms with Crippen LogP contribution in [0.25, 0.3) is 0 Å². The van der Waals surface area contributed by atoms with E-state index in [2.05, 4.69) is 5.32 Å². The number of carbonyl (C=O) groups is 3. The summed E-state index contributed by atoms with van der Waals surface area (Å²) in [4.78, 5) is 40.0. The minimum Gasteiger partial charge on any atom is -0.497 e. The highest BCUT2D eigenvalue weighted by atomic mass is 32.2. The lowest BCUT2D eigenvalue weighted by molar-refractivity contribution is -0.136. The summed E-state index contributed by atoms with van der Waals surface area (Å²) < 4.78 is 5.18. The second-order valence-corrected chi connectivity index (χ2v) is 7.58. The molecule has 27 heavy (non-hydrogen) atoms. The van der Waals surface area contributed by atoms with E-state index in [9.17, 15) is 14.4 Å². The van der Waals surface area contributed by atoms with Gasteiger partial charge in [-0.3, -0.25) is 19.7 Å². The topological polar surface area (TPSA) is 75.7 Å². The Hall–Kier alpha value is -2.80. The largest absolute Gasteiger partial charge is 0.497 e. The Morgan fingerprint density at radius 1 is 1.11 bits per heavy atom. The van der Waals surface area contributed by atoms with Gasteiger partial charge in [-0.2, -0.15) is 0 Å². The summed E-state index contributed by atoms with van der Waals surface area (Å²) in [6.45, 7) is 0.375. The van der Waals surface area contributed by atoms with Gasteiger partial charge in [0.1, 0.15) is 11.8 Å². The zero-order valence-electron chi connectivity index (χ0n) is 14.7. The quantitative estimate of drug-likeness (QED) is 0.823. The summed E-state index contributed by atoms with van der Waals surface area (Å²) in [7, 11) is 1.63. The number of nitrogens with zero attached hydrogens (tertiary/aromatic N) is 1. The van der Waals surface area contributed by atoms with E-state index in [1.54, 1.807) is 29.8 Å². The van der Waals surface area contributed by atoms with Gasteiger partial charge in [0.2, 0.25) is 11.8 Å². The summed E-state index contributed by atoms with van der Waals surface area (Å²) >= 11 is 1.57. The van der Waals surface area contributed by atoms with Gasteiger partial charge in [0, 0.05) is 28.3 Å². The van der Waals surface area contributed by atoms with E-state index >= 15 is 0 Å². The number of hydrogen-bond acceptors (Lipinski definition) is 5. The lowest BCUT2D eigenvalue weighted by Crippen LogP contribution is -2.52. The average Bonchev–Trinajstić information content (AvgIpc) is 3.00. The van der Waals surface area contributed by atoms with Gasteiger partial charge < -0.3 is 9.64 Å². The molecule has 0 aromatic heterocycles. The normalized spacial score (nSPS) is 19.1. The maximum Gasteiger partial charge on any atom is 0.255 e. The molecule has 2 aromatic rings. The number of fused-ring (bicyclic) bond motifs is 1.